The second kappa shape index (κ2) is 6.24. The van der Waals surface area contributed by atoms with E-state index < -0.39 is 0 Å². The van der Waals surface area contributed by atoms with E-state index in [-0.39, 0.29) is 0 Å². The standard InChI is InChI=1S/C17H15NOS2/c18-17(20)15-7-8-16(14-6-2-1-5-13(14)15)19-10-9-12-4-3-11-21-12/h1-8,11H,9-10H2,(H2,18,20). The molecule has 4 heteroatoms. The van der Waals surface area contributed by atoms with Gasteiger partial charge in [-0.2, -0.15) is 0 Å². The lowest BCUT2D eigenvalue weighted by Gasteiger charge is -2.11. The molecule has 0 unspecified atom stereocenters. The molecule has 1 aromatic heterocycles. The fourth-order valence-corrected chi connectivity index (χ4v) is 3.20. The Morgan fingerprint density at radius 3 is 2.57 bits per heavy atom. The predicted molar refractivity (Wildman–Crippen MR) is 93.4 cm³/mol. The number of fused-ring (bicyclic) bond motifs is 1. The van der Waals surface area contributed by atoms with Gasteiger partial charge in [0.1, 0.15) is 10.7 Å². The van der Waals surface area contributed by atoms with Crippen molar-refractivity contribution in [2.45, 2.75) is 6.42 Å². The topological polar surface area (TPSA) is 35.2 Å². The number of rotatable bonds is 5. The minimum Gasteiger partial charge on any atom is -0.493 e. The summed E-state index contributed by atoms with van der Waals surface area (Å²) in [7, 11) is 0. The quantitative estimate of drug-likeness (QED) is 0.718. The number of hydrogen-bond acceptors (Lipinski definition) is 3. The Hall–Kier alpha value is -1.91. The zero-order valence-electron chi connectivity index (χ0n) is 11.4. The Morgan fingerprint density at radius 2 is 1.86 bits per heavy atom. The summed E-state index contributed by atoms with van der Waals surface area (Å²) in [5.74, 6) is 0.877. The van der Waals surface area contributed by atoms with E-state index in [1.165, 1.54) is 4.88 Å². The molecule has 0 aliphatic heterocycles. The maximum absolute atomic E-state index is 5.95. The summed E-state index contributed by atoms with van der Waals surface area (Å²) in [6, 6.07) is 16.1. The van der Waals surface area contributed by atoms with E-state index in [1.807, 2.05) is 36.4 Å². The van der Waals surface area contributed by atoms with Crippen LogP contribution in [-0.4, -0.2) is 11.6 Å². The van der Waals surface area contributed by atoms with Crippen molar-refractivity contribution in [3.8, 4) is 5.75 Å². The van der Waals surface area contributed by atoms with Crippen LogP contribution in [0.3, 0.4) is 0 Å². The largest absolute Gasteiger partial charge is 0.493 e. The fraction of sp³-hybridized carbons (Fsp3) is 0.118. The van der Waals surface area contributed by atoms with Crippen LogP contribution in [0.1, 0.15) is 10.4 Å². The molecule has 3 rings (SSSR count). The number of hydrogen-bond donors (Lipinski definition) is 1. The summed E-state index contributed by atoms with van der Waals surface area (Å²) in [6.45, 7) is 0.664. The lowest BCUT2D eigenvalue weighted by Crippen LogP contribution is -2.10. The van der Waals surface area contributed by atoms with E-state index >= 15 is 0 Å². The molecular weight excluding hydrogens is 298 g/mol. The monoisotopic (exact) mass is 313 g/mol. The molecule has 0 amide bonds. The molecule has 3 aromatic rings. The highest BCUT2D eigenvalue weighted by molar-refractivity contribution is 7.80. The van der Waals surface area contributed by atoms with Crippen molar-refractivity contribution >= 4 is 39.3 Å². The average molecular weight is 313 g/mol. The summed E-state index contributed by atoms with van der Waals surface area (Å²) in [4.78, 5) is 1.75. The molecule has 106 valence electrons. The zero-order chi connectivity index (χ0) is 14.7. The summed E-state index contributed by atoms with van der Waals surface area (Å²) in [5.41, 5.74) is 6.68. The maximum Gasteiger partial charge on any atom is 0.127 e. The Morgan fingerprint density at radius 1 is 1.05 bits per heavy atom. The van der Waals surface area contributed by atoms with Crippen molar-refractivity contribution < 1.29 is 4.74 Å². The first-order valence-corrected chi connectivity index (χ1v) is 8.01. The third-order valence-corrected chi connectivity index (χ3v) is 4.49. The van der Waals surface area contributed by atoms with Crippen LogP contribution < -0.4 is 10.5 Å². The van der Waals surface area contributed by atoms with Crippen molar-refractivity contribution in [2.24, 2.45) is 5.73 Å². The molecule has 0 atom stereocenters. The molecule has 0 bridgehead atoms. The van der Waals surface area contributed by atoms with E-state index in [0.717, 1.165) is 28.5 Å². The van der Waals surface area contributed by atoms with E-state index in [9.17, 15) is 0 Å². The van der Waals surface area contributed by atoms with E-state index in [0.29, 0.717) is 11.6 Å². The van der Waals surface area contributed by atoms with E-state index in [4.69, 9.17) is 22.7 Å². The minimum atomic E-state index is 0.413. The number of thiophene rings is 1. The minimum absolute atomic E-state index is 0.413. The van der Waals surface area contributed by atoms with Crippen molar-refractivity contribution in [2.75, 3.05) is 6.61 Å². The third-order valence-electron chi connectivity index (χ3n) is 3.34. The molecule has 0 radical (unpaired) electrons. The van der Waals surface area contributed by atoms with Gasteiger partial charge >= 0.3 is 0 Å². The molecule has 0 aliphatic rings. The Bertz CT molecular complexity index is 766. The van der Waals surface area contributed by atoms with Gasteiger partial charge in [0.05, 0.1) is 6.61 Å². The molecule has 2 aromatic carbocycles. The number of ether oxygens (including phenoxy) is 1. The number of benzene rings is 2. The zero-order valence-corrected chi connectivity index (χ0v) is 13.0. The van der Waals surface area contributed by atoms with Crippen LogP contribution in [0.4, 0.5) is 0 Å². The fourth-order valence-electron chi connectivity index (χ4n) is 2.33. The van der Waals surface area contributed by atoms with Crippen LogP contribution in [0, 0.1) is 0 Å². The summed E-state index contributed by atoms with van der Waals surface area (Å²) in [6.07, 6.45) is 0.920. The van der Waals surface area contributed by atoms with Crippen molar-refractivity contribution in [3.63, 3.8) is 0 Å². The van der Waals surface area contributed by atoms with Crippen LogP contribution in [0.25, 0.3) is 10.8 Å². The van der Waals surface area contributed by atoms with Gasteiger partial charge in [-0.15, -0.1) is 11.3 Å². The van der Waals surface area contributed by atoms with Gasteiger partial charge in [-0.25, -0.2) is 0 Å². The van der Waals surface area contributed by atoms with Gasteiger partial charge in [0.25, 0.3) is 0 Å². The van der Waals surface area contributed by atoms with Crippen molar-refractivity contribution in [3.05, 3.63) is 64.4 Å². The molecule has 0 aliphatic carbocycles. The van der Waals surface area contributed by atoms with Crippen molar-refractivity contribution in [1.29, 1.82) is 0 Å². The highest BCUT2D eigenvalue weighted by Gasteiger charge is 2.08. The number of thiocarbonyl (C=S) groups is 1. The molecular formula is C17H15NOS2. The average Bonchev–Trinajstić information content (AvgIpc) is 3.00. The van der Waals surface area contributed by atoms with E-state index in [2.05, 4.69) is 17.5 Å². The molecule has 21 heavy (non-hydrogen) atoms. The van der Waals surface area contributed by atoms with Gasteiger partial charge in [0.2, 0.25) is 0 Å². The van der Waals surface area contributed by atoms with Crippen LogP contribution in [-0.2, 0) is 6.42 Å². The van der Waals surface area contributed by atoms with Crippen molar-refractivity contribution in [1.82, 2.24) is 0 Å². The smallest absolute Gasteiger partial charge is 0.127 e. The Kier molecular flexibility index (Phi) is 4.18. The van der Waals surface area contributed by atoms with E-state index in [1.54, 1.807) is 11.3 Å². The van der Waals surface area contributed by atoms with Crippen LogP contribution in [0.5, 0.6) is 5.75 Å². The molecule has 2 nitrogen and oxygen atoms in total. The first kappa shape index (κ1) is 14.0. The molecule has 0 fully saturated rings. The second-order valence-electron chi connectivity index (χ2n) is 4.70. The summed E-state index contributed by atoms with van der Waals surface area (Å²) in [5, 5.41) is 4.18. The highest BCUT2D eigenvalue weighted by atomic mass is 32.1. The van der Waals surface area contributed by atoms with Gasteiger partial charge in [-0.1, -0.05) is 42.5 Å². The highest BCUT2D eigenvalue weighted by Crippen LogP contribution is 2.28. The van der Waals surface area contributed by atoms with Gasteiger partial charge < -0.3 is 10.5 Å². The summed E-state index contributed by atoms with van der Waals surface area (Å²) >= 11 is 6.87. The van der Waals surface area contributed by atoms with Gasteiger partial charge in [0.15, 0.2) is 0 Å². The first-order valence-electron chi connectivity index (χ1n) is 6.72. The van der Waals surface area contributed by atoms with Gasteiger partial charge in [-0.3, -0.25) is 0 Å². The lowest BCUT2D eigenvalue weighted by atomic mass is 10.0. The maximum atomic E-state index is 5.95. The second-order valence-corrected chi connectivity index (χ2v) is 6.17. The Labute approximate surface area is 133 Å². The first-order chi connectivity index (χ1) is 10.3. The third kappa shape index (κ3) is 3.06. The molecule has 0 saturated heterocycles. The van der Waals surface area contributed by atoms with Gasteiger partial charge in [0, 0.05) is 22.2 Å². The summed E-state index contributed by atoms with van der Waals surface area (Å²) < 4.78 is 5.95. The molecule has 0 spiro atoms. The molecule has 2 N–H and O–H groups in total. The van der Waals surface area contributed by atoms with Crippen LogP contribution in [0.15, 0.2) is 53.9 Å². The SMILES string of the molecule is NC(=S)c1ccc(OCCc2cccs2)c2ccccc12. The predicted octanol–water partition coefficient (Wildman–Crippen LogP) is 4.16. The van der Waals surface area contributed by atoms with Crippen LogP contribution in [0.2, 0.25) is 0 Å². The van der Waals surface area contributed by atoms with Gasteiger partial charge in [-0.05, 0) is 29.0 Å². The Balaban J connectivity index is 1.85. The molecule has 1 heterocycles. The lowest BCUT2D eigenvalue weighted by molar-refractivity contribution is 0.327. The molecule has 0 saturated carbocycles. The number of nitrogens with two attached hydrogens (primary N) is 1. The normalized spacial score (nSPS) is 10.7. The van der Waals surface area contributed by atoms with Crippen LogP contribution >= 0.6 is 23.6 Å².